The highest BCUT2D eigenvalue weighted by molar-refractivity contribution is 6.41. The lowest BCUT2D eigenvalue weighted by Gasteiger charge is -2.24. The SMILES string of the molecule is CC1=CN=C(C)C2=NC(CCc3nc(N4CCC(C(F)F)C4)nn3C)NN12. The van der Waals surface area contributed by atoms with Crippen LogP contribution in [0.5, 0.6) is 0 Å². The van der Waals surface area contributed by atoms with Gasteiger partial charge in [-0.2, -0.15) is 4.98 Å². The predicted molar refractivity (Wildman–Crippen MR) is 98.7 cm³/mol. The van der Waals surface area contributed by atoms with Crippen LogP contribution in [0.25, 0.3) is 0 Å². The van der Waals surface area contributed by atoms with Crippen molar-refractivity contribution in [1.29, 1.82) is 0 Å². The maximum Gasteiger partial charge on any atom is 0.244 e. The number of anilines is 1. The van der Waals surface area contributed by atoms with E-state index in [0.29, 0.717) is 31.9 Å². The van der Waals surface area contributed by atoms with Gasteiger partial charge < -0.3 is 4.90 Å². The van der Waals surface area contributed by atoms with Crippen LogP contribution >= 0.6 is 0 Å². The van der Waals surface area contributed by atoms with Gasteiger partial charge in [-0.3, -0.25) is 14.7 Å². The second kappa shape index (κ2) is 6.99. The first-order valence-corrected chi connectivity index (χ1v) is 9.21. The van der Waals surface area contributed by atoms with Crippen molar-refractivity contribution in [3.05, 3.63) is 17.7 Å². The summed E-state index contributed by atoms with van der Waals surface area (Å²) in [4.78, 5) is 15.5. The molecule has 0 saturated carbocycles. The molecule has 146 valence electrons. The maximum absolute atomic E-state index is 12.9. The summed E-state index contributed by atoms with van der Waals surface area (Å²) in [5.41, 5.74) is 5.27. The van der Waals surface area contributed by atoms with Gasteiger partial charge in [0.1, 0.15) is 12.0 Å². The lowest BCUT2D eigenvalue weighted by atomic mass is 10.1. The van der Waals surface area contributed by atoms with Crippen LogP contribution in [-0.4, -0.2) is 57.0 Å². The van der Waals surface area contributed by atoms with Crippen molar-refractivity contribution in [2.24, 2.45) is 23.0 Å². The summed E-state index contributed by atoms with van der Waals surface area (Å²) in [6.07, 6.45) is 1.42. The first-order chi connectivity index (χ1) is 12.9. The third-order valence-electron chi connectivity index (χ3n) is 5.24. The molecule has 3 aliphatic heterocycles. The molecule has 10 heteroatoms. The average molecular weight is 378 g/mol. The number of alkyl halides is 2. The first kappa shape index (κ1) is 18.0. The lowest BCUT2D eigenvalue weighted by molar-refractivity contribution is 0.0879. The van der Waals surface area contributed by atoms with Gasteiger partial charge in [0.25, 0.3) is 0 Å². The van der Waals surface area contributed by atoms with Crippen molar-refractivity contribution < 1.29 is 8.78 Å². The number of allylic oxidation sites excluding steroid dienone is 1. The standard InChI is InChI=1S/C17H24F2N8/c1-10-8-20-11(2)16-21-13(23-27(10)16)4-5-14-22-17(24-25(14)3)26-7-6-12(9-26)15(18)19/h8,12-13,15,23H,4-7,9H2,1-3H3. The molecule has 1 aromatic rings. The summed E-state index contributed by atoms with van der Waals surface area (Å²) in [6, 6.07) is 0. The molecular formula is C17H24F2N8. The number of aliphatic imine (C=N–C) groups is 2. The Bertz CT molecular complexity index is 812. The van der Waals surface area contributed by atoms with Crippen LogP contribution in [0.15, 0.2) is 21.9 Å². The molecule has 4 heterocycles. The van der Waals surface area contributed by atoms with Gasteiger partial charge in [0.2, 0.25) is 12.4 Å². The minimum atomic E-state index is -2.28. The fraction of sp³-hybridized carbons (Fsp3) is 0.647. The summed E-state index contributed by atoms with van der Waals surface area (Å²) in [6.45, 7) is 4.82. The smallest absolute Gasteiger partial charge is 0.244 e. The van der Waals surface area contributed by atoms with E-state index in [-0.39, 0.29) is 6.17 Å². The molecule has 1 fully saturated rings. The first-order valence-electron chi connectivity index (χ1n) is 9.21. The van der Waals surface area contributed by atoms with Gasteiger partial charge in [-0.1, -0.05) is 0 Å². The highest BCUT2D eigenvalue weighted by Gasteiger charge is 2.32. The Morgan fingerprint density at radius 1 is 1.33 bits per heavy atom. The van der Waals surface area contributed by atoms with E-state index in [9.17, 15) is 8.78 Å². The van der Waals surface area contributed by atoms with Crippen molar-refractivity contribution in [1.82, 2.24) is 25.2 Å². The van der Waals surface area contributed by atoms with Gasteiger partial charge >= 0.3 is 0 Å². The third kappa shape index (κ3) is 3.45. The number of hydrogen-bond donors (Lipinski definition) is 1. The number of hydrogen-bond acceptors (Lipinski definition) is 7. The van der Waals surface area contributed by atoms with Crippen LogP contribution in [0.2, 0.25) is 0 Å². The van der Waals surface area contributed by atoms with Crippen LogP contribution in [0.1, 0.15) is 32.5 Å². The molecule has 4 rings (SSSR count). The van der Waals surface area contributed by atoms with E-state index >= 15 is 0 Å². The molecule has 0 aromatic carbocycles. The number of aromatic nitrogens is 3. The highest BCUT2D eigenvalue weighted by atomic mass is 19.3. The molecule has 0 radical (unpaired) electrons. The van der Waals surface area contributed by atoms with Crippen LogP contribution in [0.3, 0.4) is 0 Å². The molecule has 1 saturated heterocycles. The van der Waals surface area contributed by atoms with Crippen molar-refractivity contribution >= 4 is 17.5 Å². The molecule has 2 atom stereocenters. The number of aryl methyl sites for hydroxylation is 2. The number of amidine groups is 1. The summed E-state index contributed by atoms with van der Waals surface area (Å²) in [5.74, 6) is 1.64. The second-order valence-electron chi connectivity index (χ2n) is 7.24. The molecule has 3 aliphatic rings. The van der Waals surface area contributed by atoms with Crippen molar-refractivity contribution in [2.45, 2.75) is 45.7 Å². The predicted octanol–water partition coefficient (Wildman–Crippen LogP) is 1.72. The molecular weight excluding hydrogens is 354 g/mol. The Morgan fingerprint density at radius 2 is 2.15 bits per heavy atom. The summed E-state index contributed by atoms with van der Waals surface area (Å²) >= 11 is 0. The zero-order valence-electron chi connectivity index (χ0n) is 15.7. The van der Waals surface area contributed by atoms with Gasteiger partial charge in [-0.25, -0.2) is 19.2 Å². The minimum Gasteiger partial charge on any atom is -0.339 e. The van der Waals surface area contributed by atoms with E-state index in [0.717, 1.165) is 29.5 Å². The molecule has 1 N–H and O–H groups in total. The summed E-state index contributed by atoms with van der Waals surface area (Å²) < 4.78 is 27.5. The molecule has 8 nitrogen and oxygen atoms in total. The molecule has 1 aromatic heterocycles. The molecule has 2 unspecified atom stereocenters. The van der Waals surface area contributed by atoms with Gasteiger partial charge in [-0.05, 0) is 26.7 Å². The number of nitrogens with zero attached hydrogens (tertiary/aromatic N) is 7. The van der Waals surface area contributed by atoms with Crippen molar-refractivity contribution in [3.63, 3.8) is 0 Å². The van der Waals surface area contributed by atoms with E-state index < -0.39 is 12.3 Å². The monoisotopic (exact) mass is 378 g/mol. The van der Waals surface area contributed by atoms with Gasteiger partial charge in [0, 0.05) is 38.7 Å². The van der Waals surface area contributed by atoms with E-state index in [4.69, 9.17) is 4.99 Å². The van der Waals surface area contributed by atoms with E-state index in [1.54, 1.807) is 4.68 Å². The zero-order valence-corrected chi connectivity index (χ0v) is 15.7. The van der Waals surface area contributed by atoms with E-state index in [2.05, 4.69) is 20.5 Å². The fourth-order valence-corrected chi connectivity index (χ4v) is 3.60. The molecule has 27 heavy (non-hydrogen) atoms. The highest BCUT2D eigenvalue weighted by Crippen LogP contribution is 2.26. The van der Waals surface area contributed by atoms with Gasteiger partial charge in [-0.15, -0.1) is 5.10 Å². The topological polar surface area (TPSA) is 73.9 Å². The number of nitrogens with one attached hydrogen (secondary N) is 1. The molecule has 0 bridgehead atoms. The van der Waals surface area contributed by atoms with Crippen molar-refractivity contribution in [3.8, 4) is 0 Å². The van der Waals surface area contributed by atoms with E-state index in [1.165, 1.54) is 0 Å². The zero-order chi connectivity index (χ0) is 19.1. The maximum atomic E-state index is 12.9. The Kier molecular flexibility index (Phi) is 4.67. The number of fused-ring (bicyclic) bond motifs is 1. The normalized spacial score (nSPS) is 25.0. The summed E-state index contributed by atoms with van der Waals surface area (Å²) in [7, 11) is 1.84. The minimum absolute atomic E-state index is 0.0539. The second-order valence-corrected chi connectivity index (χ2v) is 7.24. The average Bonchev–Trinajstić information content (AvgIpc) is 3.34. The number of rotatable bonds is 5. The fourth-order valence-electron chi connectivity index (χ4n) is 3.60. The summed E-state index contributed by atoms with van der Waals surface area (Å²) in [5, 5.41) is 6.38. The van der Waals surface area contributed by atoms with Crippen LogP contribution in [-0.2, 0) is 13.5 Å². The van der Waals surface area contributed by atoms with Gasteiger partial charge in [0.05, 0.1) is 11.4 Å². The van der Waals surface area contributed by atoms with E-state index in [1.807, 2.05) is 37.0 Å². The van der Waals surface area contributed by atoms with Crippen LogP contribution < -0.4 is 10.3 Å². The molecule has 0 aliphatic carbocycles. The lowest BCUT2D eigenvalue weighted by Crippen LogP contribution is -2.42. The van der Waals surface area contributed by atoms with Crippen molar-refractivity contribution in [2.75, 3.05) is 18.0 Å². The molecule has 0 spiro atoms. The Labute approximate surface area is 156 Å². The Hall–Kier alpha value is -2.36. The van der Waals surface area contributed by atoms with Crippen LogP contribution in [0, 0.1) is 5.92 Å². The van der Waals surface area contributed by atoms with Gasteiger partial charge in [0.15, 0.2) is 5.84 Å². The number of halogens is 2. The quantitative estimate of drug-likeness (QED) is 0.845. The Morgan fingerprint density at radius 3 is 2.85 bits per heavy atom. The third-order valence-corrected chi connectivity index (χ3v) is 5.24. The largest absolute Gasteiger partial charge is 0.339 e. The molecule has 0 amide bonds. The Balaban J connectivity index is 1.38. The number of hydrazine groups is 1. The van der Waals surface area contributed by atoms with Crippen LogP contribution in [0.4, 0.5) is 14.7 Å².